The first-order valence-electron chi connectivity index (χ1n) is 9.66. The third-order valence-corrected chi connectivity index (χ3v) is 7.36. The van der Waals surface area contributed by atoms with E-state index in [0.717, 1.165) is 30.2 Å². The Balaban J connectivity index is 1.78. The maximum atomic E-state index is 14.1. The van der Waals surface area contributed by atoms with Crippen LogP contribution >= 0.6 is 11.3 Å². The van der Waals surface area contributed by atoms with Gasteiger partial charge in [0.25, 0.3) is 5.91 Å². The van der Waals surface area contributed by atoms with Gasteiger partial charge in [-0.05, 0) is 63.3 Å². The topological polar surface area (TPSA) is 105 Å². The summed E-state index contributed by atoms with van der Waals surface area (Å²) in [4.78, 5) is 24.7. The summed E-state index contributed by atoms with van der Waals surface area (Å²) in [6, 6.07) is 5.04. The van der Waals surface area contributed by atoms with Gasteiger partial charge in [-0.15, -0.1) is 11.3 Å². The van der Waals surface area contributed by atoms with Crippen molar-refractivity contribution in [2.75, 3.05) is 23.7 Å². The van der Waals surface area contributed by atoms with Crippen molar-refractivity contribution in [1.29, 1.82) is 0 Å². The van der Waals surface area contributed by atoms with Crippen molar-refractivity contribution in [1.82, 2.24) is 4.31 Å². The molecule has 8 nitrogen and oxygen atoms in total. The lowest BCUT2D eigenvalue weighted by molar-refractivity contribution is 0.0635. The highest BCUT2D eigenvalue weighted by Crippen LogP contribution is 2.29. The van der Waals surface area contributed by atoms with Crippen LogP contribution in [0, 0.1) is 5.82 Å². The van der Waals surface area contributed by atoms with E-state index in [1.807, 2.05) is 0 Å². The number of hydrogen-bond acceptors (Lipinski definition) is 6. The van der Waals surface area contributed by atoms with Crippen LogP contribution in [0.4, 0.5) is 20.6 Å². The summed E-state index contributed by atoms with van der Waals surface area (Å²) in [5.41, 5.74) is -0.749. The van der Waals surface area contributed by atoms with Crippen LogP contribution in [0.2, 0.25) is 0 Å². The van der Waals surface area contributed by atoms with Crippen molar-refractivity contribution in [3.63, 3.8) is 0 Å². The van der Waals surface area contributed by atoms with Gasteiger partial charge in [-0.1, -0.05) is 0 Å². The Hall–Kier alpha value is -2.50. The third-order valence-electron chi connectivity index (χ3n) is 4.38. The number of nitrogens with zero attached hydrogens (tertiary/aromatic N) is 1. The zero-order valence-electron chi connectivity index (χ0n) is 17.4. The first-order chi connectivity index (χ1) is 14.5. The second-order valence-electron chi connectivity index (χ2n) is 8.00. The number of anilines is 2. The van der Waals surface area contributed by atoms with E-state index < -0.39 is 33.4 Å². The van der Waals surface area contributed by atoms with Crippen molar-refractivity contribution in [2.45, 2.75) is 44.1 Å². The molecule has 1 saturated heterocycles. The minimum atomic E-state index is -3.76. The fourth-order valence-corrected chi connectivity index (χ4v) is 5.85. The smallest absolute Gasteiger partial charge is 0.412 e. The Bertz CT molecular complexity index is 1090. The zero-order valence-corrected chi connectivity index (χ0v) is 19.0. The van der Waals surface area contributed by atoms with Crippen LogP contribution < -0.4 is 10.6 Å². The van der Waals surface area contributed by atoms with Crippen LogP contribution in [0.1, 0.15) is 43.3 Å². The molecule has 1 aromatic carbocycles. The van der Waals surface area contributed by atoms with Gasteiger partial charge in [0, 0.05) is 18.8 Å². The first kappa shape index (κ1) is 23.2. The Labute approximate surface area is 184 Å². The van der Waals surface area contributed by atoms with Gasteiger partial charge in [-0.25, -0.2) is 17.6 Å². The van der Waals surface area contributed by atoms with Crippen LogP contribution in [-0.2, 0) is 14.8 Å². The highest BCUT2D eigenvalue weighted by Gasteiger charge is 2.32. The summed E-state index contributed by atoms with van der Waals surface area (Å²) in [6.07, 6.45) is 0.731. The molecule has 3 rings (SSSR count). The van der Waals surface area contributed by atoms with E-state index in [-0.39, 0.29) is 21.1 Å². The molecule has 0 spiro atoms. The maximum absolute atomic E-state index is 14.1. The number of rotatable bonds is 5. The van der Waals surface area contributed by atoms with Crippen LogP contribution in [0.15, 0.2) is 34.5 Å². The van der Waals surface area contributed by atoms with E-state index in [1.165, 1.54) is 27.9 Å². The lowest BCUT2D eigenvalue weighted by Crippen LogP contribution is -2.29. The molecular formula is C20H24FN3O5S2. The number of hydrogen-bond donors (Lipinski definition) is 2. The molecule has 1 fully saturated rings. The molecule has 168 valence electrons. The molecule has 0 bridgehead atoms. The van der Waals surface area contributed by atoms with Crippen molar-refractivity contribution in [2.24, 2.45) is 0 Å². The molecule has 1 aliphatic rings. The van der Waals surface area contributed by atoms with Crippen molar-refractivity contribution >= 4 is 44.7 Å². The summed E-state index contributed by atoms with van der Waals surface area (Å²) >= 11 is 1.01. The largest absolute Gasteiger partial charge is 0.444 e. The SMILES string of the molecule is CC(C)(C)OC(=O)Nc1cc(NC(=O)c2sccc2S(=O)(=O)N2CCCC2)ccc1F. The highest BCUT2D eigenvalue weighted by atomic mass is 32.2. The van der Waals surface area contributed by atoms with E-state index in [0.29, 0.717) is 13.1 Å². The average molecular weight is 470 g/mol. The molecule has 2 amide bonds. The normalized spacial score (nSPS) is 15.0. The average Bonchev–Trinajstić information content (AvgIpc) is 3.35. The van der Waals surface area contributed by atoms with Gasteiger partial charge in [-0.3, -0.25) is 10.1 Å². The molecule has 0 aliphatic carbocycles. The van der Waals surface area contributed by atoms with Crippen LogP contribution in [0.3, 0.4) is 0 Å². The number of carbonyl (C=O) groups excluding carboxylic acids is 2. The fourth-order valence-electron chi connectivity index (χ4n) is 3.03. The predicted molar refractivity (Wildman–Crippen MR) is 117 cm³/mol. The predicted octanol–water partition coefficient (Wildman–Crippen LogP) is 4.27. The molecule has 11 heteroatoms. The zero-order chi connectivity index (χ0) is 22.8. The van der Waals surface area contributed by atoms with Gasteiger partial charge in [0.05, 0.1) is 5.69 Å². The molecule has 2 N–H and O–H groups in total. The monoisotopic (exact) mass is 469 g/mol. The minimum absolute atomic E-state index is 0.0397. The van der Waals surface area contributed by atoms with E-state index >= 15 is 0 Å². The van der Waals surface area contributed by atoms with Crippen molar-refractivity contribution in [3.05, 3.63) is 40.3 Å². The number of benzene rings is 1. The number of carbonyl (C=O) groups is 2. The van der Waals surface area contributed by atoms with Crippen molar-refractivity contribution in [3.8, 4) is 0 Å². The molecule has 0 atom stereocenters. The van der Waals surface area contributed by atoms with E-state index in [9.17, 15) is 22.4 Å². The lowest BCUT2D eigenvalue weighted by atomic mass is 10.2. The van der Waals surface area contributed by atoms with Gasteiger partial charge >= 0.3 is 6.09 Å². The molecule has 2 aromatic rings. The molecule has 1 aliphatic heterocycles. The quantitative estimate of drug-likeness (QED) is 0.680. The van der Waals surface area contributed by atoms with E-state index in [4.69, 9.17) is 4.74 Å². The summed E-state index contributed by atoms with van der Waals surface area (Å²) in [6.45, 7) is 5.88. The fraction of sp³-hybridized carbons (Fsp3) is 0.400. The van der Waals surface area contributed by atoms with Crippen LogP contribution in [0.5, 0.6) is 0 Å². The van der Waals surface area contributed by atoms with Gasteiger partial charge < -0.3 is 10.1 Å². The number of amides is 2. The van der Waals surface area contributed by atoms with Crippen LogP contribution in [0.25, 0.3) is 0 Å². The number of thiophene rings is 1. The molecule has 31 heavy (non-hydrogen) atoms. The second kappa shape index (κ2) is 8.93. The Kier molecular flexibility index (Phi) is 6.68. The van der Waals surface area contributed by atoms with Gasteiger partial charge in [0.15, 0.2) is 0 Å². The highest BCUT2D eigenvalue weighted by molar-refractivity contribution is 7.89. The first-order valence-corrected chi connectivity index (χ1v) is 12.0. The minimum Gasteiger partial charge on any atom is -0.444 e. The number of ether oxygens (including phenoxy) is 1. The molecule has 0 radical (unpaired) electrons. The number of sulfonamides is 1. The van der Waals surface area contributed by atoms with Gasteiger partial charge in [0.2, 0.25) is 10.0 Å². The molecule has 0 saturated carbocycles. The molecule has 0 unspecified atom stereocenters. The third kappa shape index (κ3) is 5.60. The summed E-state index contributed by atoms with van der Waals surface area (Å²) in [5, 5.41) is 6.41. The molecule has 1 aromatic heterocycles. The van der Waals surface area contributed by atoms with Crippen molar-refractivity contribution < 1.29 is 27.1 Å². The Morgan fingerprint density at radius 2 is 1.81 bits per heavy atom. The van der Waals surface area contributed by atoms with E-state index in [2.05, 4.69) is 10.6 Å². The van der Waals surface area contributed by atoms with E-state index in [1.54, 1.807) is 20.8 Å². The Morgan fingerprint density at radius 3 is 2.45 bits per heavy atom. The lowest BCUT2D eigenvalue weighted by Gasteiger charge is -2.20. The summed E-state index contributed by atoms with van der Waals surface area (Å²) in [7, 11) is -3.76. The molecule has 2 heterocycles. The molecular weight excluding hydrogens is 445 g/mol. The second-order valence-corrected chi connectivity index (χ2v) is 10.8. The van der Waals surface area contributed by atoms with Crippen LogP contribution in [-0.4, -0.2) is 43.4 Å². The standard InChI is InChI=1S/C20H24FN3O5S2/c1-20(2,3)29-19(26)23-15-12-13(6-7-14(15)21)22-18(25)17-16(8-11-30-17)31(27,28)24-9-4-5-10-24/h6-8,11-12H,4-5,9-10H2,1-3H3,(H,22,25)(H,23,26). The summed E-state index contributed by atoms with van der Waals surface area (Å²) in [5.74, 6) is -1.35. The maximum Gasteiger partial charge on any atom is 0.412 e. The Morgan fingerprint density at radius 1 is 1.13 bits per heavy atom. The summed E-state index contributed by atoms with van der Waals surface area (Å²) < 4.78 is 46.3. The van der Waals surface area contributed by atoms with Gasteiger partial charge in [0.1, 0.15) is 21.2 Å². The van der Waals surface area contributed by atoms with Gasteiger partial charge in [-0.2, -0.15) is 4.31 Å². The number of halogens is 1. The number of nitrogens with one attached hydrogen (secondary N) is 2.